The van der Waals surface area contributed by atoms with Crippen molar-refractivity contribution in [3.63, 3.8) is 0 Å². The smallest absolute Gasteiger partial charge is 0.341 e. The Morgan fingerprint density at radius 3 is 2.71 bits per heavy atom. The zero-order valence-electron chi connectivity index (χ0n) is 9.44. The van der Waals surface area contributed by atoms with Crippen LogP contribution in [0, 0.1) is 0 Å². The van der Waals surface area contributed by atoms with E-state index < -0.39 is 5.97 Å². The Morgan fingerprint density at radius 1 is 1.29 bits per heavy atom. The number of hydrogen-bond acceptors (Lipinski definition) is 4. The summed E-state index contributed by atoms with van der Waals surface area (Å²) in [5, 5.41) is 0.425. The van der Waals surface area contributed by atoms with E-state index in [1.807, 2.05) is 0 Å². The van der Waals surface area contributed by atoms with Crippen LogP contribution >= 0.6 is 0 Å². The summed E-state index contributed by atoms with van der Waals surface area (Å²) in [5.41, 5.74) is 0.688. The fourth-order valence-electron chi connectivity index (χ4n) is 1.64. The number of carbonyl (C=O) groups excluding carboxylic acids is 1. The lowest BCUT2D eigenvalue weighted by Crippen LogP contribution is -2.07. The molecule has 0 aliphatic rings. The van der Waals surface area contributed by atoms with Crippen molar-refractivity contribution in [2.75, 3.05) is 14.2 Å². The van der Waals surface area contributed by atoms with Crippen LogP contribution in [-0.2, 0) is 4.74 Å². The summed E-state index contributed by atoms with van der Waals surface area (Å²) >= 11 is 0. The van der Waals surface area contributed by atoms with Crippen LogP contribution in [0.3, 0.4) is 0 Å². The fraction of sp³-hybridized carbons (Fsp3) is 0.167. The molecule has 0 amide bonds. The average molecular weight is 233 g/mol. The lowest BCUT2D eigenvalue weighted by molar-refractivity contribution is 0.0597. The first-order valence-corrected chi connectivity index (χ1v) is 4.95. The lowest BCUT2D eigenvalue weighted by atomic mass is 10.1. The van der Waals surface area contributed by atoms with E-state index in [-0.39, 0.29) is 11.0 Å². The van der Waals surface area contributed by atoms with Crippen molar-refractivity contribution in [3.05, 3.63) is 40.2 Å². The van der Waals surface area contributed by atoms with Gasteiger partial charge in [-0.05, 0) is 6.07 Å². The van der Waals surface area contributed by atoms with Gasteiger partial charge in [-0.1, -0.05) is 0 Å². The number of fused-ring (bicyclic) bond motifs is 1. The number of ether oxygens (including phenoxy) is 2. The summed E-state index contributed by atoms with van der Waals surface area (Å²) in [6, 6.07) is 4.47. The minimum absolute atomic E-state index is 0.161. The molecular weight excluding hydrogens is 222 g/mol. The molecule has 0 aliphatic carbocycles. The summed E-state index contributed by atoms with van der Waals surface area (Å²) in [6.07, 6.45) is 1.54. The fourth-order valence-corrected chi connectivity index (χ4v) is 1.64. The summed E-state index contributed by atoms with van der Waals surface area (Å²) in [7, 11) is 2.73. The summed E-state index contributed by atoms with van der Waals surface area (Å²) in [5.74, 6) is -0.168. The molecule has 1 N–H and O–H groups in total. The van der Waals surface area contributed by atoms with Gasteiger partial charge in [-0.25, -0.2) is 4.79 Å². The van der Waals surface area contributed by atoms with Crippen LogP contribution in [0.2, 0.25) is 0 Å². The third-order valence-electron chi connectivity index (χ3n) is 2.48. The SMILES string of the molecule is COC(=O)c1cc2c(=O)cc[nH]c2cc1OC. The number of aromatic nitrogens is 1. The van der Waals surface area contributed by atoms with Gasteiger partial charge in [0, 0.05) is 23.7 Å². The van der Waals surface area contributed by atoms with Gasteiger partial charge in [0.1, 0.15) is 11.3 Å². The highest BCUT2D eigenvalue weighted by Crippen LogP contribution is 2.23. The first-order valence-electron chi connectivity index (χ1n) is 4.95. The summed E-state index contributed by atoms with van der Waals surface area (Å²) in [6.45, 7) is 0. The molecule has 0 saturated heterocycles. The van der Waals surface area contributed by atoms with E-state index in [1.54, 1.807) is 12.3 Å². The van der Waals surface area contributed by atoms with Gasteiger partial charge in [0.2, 0.25) is 0 Å². The van der Waals surface area contributed by atoms with E-state index in [0.717, 1.165) is 0 Å². The predicted octanol–water partition coefficient (Wildman–Crippen LogP) is 1.32. The van der Waals surface area contributed by atoms with Crippen LogP contribution in [0.15, 0.2) is 29.2 Å². The first-order chi connectivity index (χ1) is 8.17. The third-order valence-corrected chi connectivity index (χ3v) is 2.48. The maximum Gasteiger partial charge on any atom is 0.341 e. The molecule has 0 atom stereocenters. The van der Waals surface area contributed by atoms with E-state index in [0.29, 0.717) is 16.7 Å². The van der Waals surface area contributed by atoms with Gasteiger partial charge in [-0.15, -0.1) is 0 Å². The highest BCUT2D eigenvalue weighted by Gasteiger charge is 2.14. The quantitative estimate of drug-likeness (QED) is 0.794. The molecule has 0 aliphatic heterocycles. The molecule has 0 bridgehead atoms. The molecule has 0 saturated carbocycles. The van der Waals surface area contributed by atoms with Gasteiger partial charge in [0.15, 0.2) is 5.43 Å². The Labute approximate surface area is 97.0 Å². The van der Waals surface area contributed by atoms with Crippen LogP contribution in [0.4, 0.5) is 0 Å². The molecule has 88 valence electrons. The number of benzene rings is 1. The molecule has 0 fully saturated rings. The largest absolute Gasteiger partial charge is 0.496 e. The molecule has 2 aromatic rings. The Bertz CT molecular complexity index is 630. The highest BCUT2D eigenvalue weighted by molar-refractivity contribution is 5.97. The third kappa shape index (κ3) is 1.87. The summed E-state index contributed by atoms with van der Waals surface area (Å²) in [4.78, 5) is 26.1. The van der Waals surface area contributed by atoms with Crippen LogP contribution in [0.5, 0.6) is 5.75 Å². The minimum Gasteiger partial charge on any atom is -0.496 e. The molecule has 1 aromatic carbocycles. The Hall–Kier alpha value is -2.30. The number of pyridine rings is 1. The molecule has 0 unspecified atom stereocenters. The molecule has 0 spiro atoms. The van der Waals surface area contributed by atoms with Crippen molar-refractivity contribution in [1.29, 1.82) is 0 Å². The number of H-pyrrole nitrogens is 1. The highest BCUT2D eigenvalue weighted by atomic mass is 16.5. The van der Waals surface area contributed by atoms with Crippen LogP contribution < -0.4 is 10.2 Å². The standard InChI is InChI=1S/C12H11NO4/c1-16-11-6-9-7(10(14)3-4-13-9)5-8(11)12(15)17-2/h3-6H,1-2H3,(H,13,14). The molecule has 0 radical (unpaired) electrons. The second-order valence-corrected chi connectivity index (χ2v) is 3.43. The Balaban J connectivity index is 2.79. The van der Waals surface area contributed by atoms with Gasteiger partial charge in [0.05, 0.1) is 19.7 Å². The lowest BCUT2D eigenvalue weighted by Gasteiger charge is -2.08. The van der Waals surface area contributed by atoms with E-state index in [4.69, 9.17) is 4.74 Å². The number of aromatic amines is 1. The summed E-state index contributed by atoms with van der Waals surface area (Å²) < 4.78 is 9.73. The number of methoxy groups -OCH3 is 2. The molecule has 5 heteroatoms. The maximum absolute atomic E-state index is 11.6. The Kier molecular flexibility index (Phi) is 2.82. The number of esters is 1. The number of nitrogens with one attached hydrogen (secondary N) is 1. The Morgan fingerprint density at radius 2 is 2.06 bits per heavy atom. The van der Waals surface area contributed by atoms with E-state index in [9.17, 15) is 9.59 Å². The molecular formula is C12H11NO4. The van der Waals surface area contributed by atoms with Crippen molar-refractivity contribution in [1.82, 2.24) is 4.98 Å². The van der Waals surface area contributed by atoms with E-state index in [2.05, 4.69) is 9.72 Å². The van der Waals surface area contributed by atoms with Crippen molar-refractivity contribution in [3.8, 4) is 5.75 Å². The van der Waals surface area contributed by atoms with Crippen LogP contribution in [0.25, 0.3) is 10.9 Å². The maximum atomic E-state index is 11.6. The average Bonchev–Trinajstić information content (AvgIpc) is 2.37. The molecule has 1 heterocycles. The van der Waals surface area contributed by atoms with Crippen LogP contribution in [0.1, 0.15) is 10.4 Å². The molecule has 5 nitrogen and oxygen atoms in total. The van der Waals surface area contributed by atoms with Crippen molar-refractivity contribution in [2.24, 2.45) is 0 Å². The van der Waals surface area contributed by atoms with Crippen molar-refractivity contribution >= 4 is 16.9 Å². The molecule has 17 heavy (non-hydrogen) atoms. The first kappa shape index (κ1) is 11.2. The second-order valence-electron chi connectivity index (χ2n) is 3.43. The van der Waals surface area contributed by atoms with Crippen molar-refractivity contribution < 1.29 is 14.3 Å². The number of rotatable bonds is 2. The molecule has 1 aromatic heterocycles. The second kappa shape index (κ2) is 4.29. The molecule has 2 rings (SSSR count). The van der Waals surface area contributed by atoms with Gasteiger partial charge >= 0.3 is 5.97 Å². The number of carbonyl (C=O) groups is 1. The van der Waals surface area contributed by atoms with E-state index >= 15 is 0 Å². The number of hydrogen-bond donors (Lipinski definition) is 1. The van der Waals surface area contributed by atoms with Gasteiger partial charge in [-0.3, -0.25) is 4.79 Å². The van der Waals surface area contributed by atoms with Crippen molar-refractivity contribution in [2.45, 2.75) is 0 Å². The normalized spacial score (nSPS) is 10.2. The minimum atomic E-state index is -0.535. The van der Waals surface area contributed by atoms with Gasteiger partial charge in [0.25, 0.3) is 0 Å². The zero-order valence-corrected chi connectivity index (χ0v) is 9.44. The van der Waals surface area contributed by atoms with Gasteiger partial charge < -0.3 is 14.5 Å². The monoisotopic (exact) mass is 233 g/mol. The van der Waals surface area contributed by atoms with E-state index in [1.165, 1.54) is 26.4 Å². The topological polar surface area (TPSA) is 68.4 Å². The van der Waals surface area contributed by atoms with Crippen LogP contribution in [-0.4, -0.2) is 25.2 Å². The zero-order chi connectivity index (χ0) is 12.4. The van der Waals surface area contributed by atoms with Gasteiger partial charge in [-0.2, -0.15) is 0 Å². The predicted molar refractivity (Wildman–Crippen MR) is 62.5 cm³/mol.